The predicted octanol–water partition coefficient (Wildman–Crippen LogP) is 2.51. The molecule has 3 N–H and O–H groups in total. The Morgan fingerprint density at radius 3 is 2.74 bits per heavy atom. The van der Waals surface area contributed by atoms with Gasteiger partial charge in [0.15, 0.2) is 0 Å². The molecule has 1 amide bonds. The maximum absolute atomic E-state index is 11.1. The standard InChI is InChI=1S/C14H10N2O2S/c1-8(14(16)18)19-13-11-5-3-2-4-9(11)6-10(7-15)12(13)17/h2-6,17H,1H2,(H2,16,18). The van der Waals surface area contributed by atoms with Crippen LogP contribution in [0.25, 0.3) is 10.8 Å². The molecular weight excluding hydrogens is 260 g/mol. The van der Waals surface area contributed by atoms with E-state index in [4.69, 9.17) is 11.0 Å². The number of benzene rings is 2. The Kier molecular flexibility index (Phi) is 3.45. The van der Waals surface area contributed by atoms with E-state index >= 15 is 0 Å². The molecule has 94 valence electrons. The number of hydrogen-bond acceptors (Lipinski definition) is 4. The highest BCUT2D eigenvalue weighted by Crippen LogP contribution is 2.40. The van der Waals surface area contributed by atoms with Crippen molar-refractivity contribution in [3.63, 3.8) is 0 Å². The number of phenols is 1. The first-order valence-corrected chi connectivity index (χ1v) is 6.17. The lowest BCUT2D eigenvalue weighted by molar-refractivity contribution is -0.113. The SMILES string of the molecule is C=C(Sc1c(O)c(C#N)cc2ccccc12)C(N)=O. The van der Waals surface area contributed by atoms with Crippen LogP contribution in [0.1, 0.15) is 5.56 Å². The van der Waals surface area contributed by atoms with Crippen molar-refractivity contribution in [1.29, 1.82) is 5.26 Å². The molecule has 0 aliphatic carbocycles. The highest BCUT2D eigenvalue weighted by Gasteiger charge is 2.15. The number of fused-ring (bicyclic) bond motifs is 1. The van der Waals surface area contributed by atoms with Crippen molar-refractivity contribution in [3.8, 4) is 11.8 Å². The molecule has 0 aliphatic heterocycles. The highest BCUT2D eigenvalue weighted by atomic mass is 32.2. The largest absolute Gasteiger partial charge is 0.505 e. The summed E-state index contributed by atoms with van der Waals surface area (Å²) in [7, 11) is 0. The van der Waals surface area contributed by atoms with E-state index in [1.165, 1.54) is 0 Å². The Morgan fingerprint density at radius 1 is 1.42 bits per heavy atom. The van der Waals surface area contributed by atoms with Gasteiger partial charge in [-0.25, -0.2) is 0 Å². The molecule has 2 rings (SSSR count). The summed E-state index contributed by atoms with van der Waals surface area (Å²) in [5, 5.41) is 20.6. The molecule has 2 aromatic rings. The maximum Gasteiger partial charge on any atom is 0.254 e. The van der Waals surface area contributed by atoms with Gasteiger partial charge in [-0.3, -0.25) is 4.79 Å². The number of nitrogens with two attached hydrogens (primary N) is 1. The van der Waals surface area contributed by atoms with E-state index in [0.717, 1.165) is 22.5 Å². The van der Waals surface area contributed by atoms with Crippen molar-refractivity contribution in [2.75, 3.05) is 0 Å². The van der Waals surface area contributed by atoms with Gasteiger partial charge in [-0.15, -0.1) is 0 Å². The van der Waals surface area contributed by atoms with Crippen LogP contribution in [-0.4, -0.2) is 11.0 Å². The number of carbonyl (C=O) groups is 1. The molecule has 0 unspecified atom stereocenters. The Balaban J connectivity index is 2.69. The van der Waals surface area contributed by atoms with Crippen LogP contribution in [0.4, 0.5) is 0 Å². The third kappa shape index (κ3) is 2.39. The molecular formula is C14H10N2O2S. The molecule has 2 aromatic carbocycles. The number of phenolic OH excluding ortho intramolecular Hbond substituents is 1. The van der Waals surface area contributed by atoms with Crippen LogP contribution < -0.4 is 5.73 Å². The van der Waals surface area contributed by atoms with Gasteiger partial charge in [-0.1, -0.05) is 42.6 Å². The molecule has 5 heteroatoms. The molecule has 0 saturated carbocycles. The average Bonchev–Trinajstić information content (AvgIpc) is 2.41. The minimum Gasteiger partial charge on any atom is -0.505 e. The molecule has 4 nitrogen and oxygen atoms in total. The van der Waals surface area contributed by atoms with Gasteiger partial charge in [0.2, 0.25) is 0 Å². The van der Waals surface area contributed by atoms with Gasteiger partial charge in [0.1, 0.15) is 11.8 Å². The van der Waals surface area contributed by atoms with Crippen molar-refractivity contribution >= 4 is 28.4 Å². The van der Waals surface area contributed by atoms with Crippen LogP contribution >= 0.6 is 11.8 Å². The zero-order chi connectivity index (χ0) is 14.0. The number of nitrogens with zero attached hydrogens (tertiary/aromatic N) is 1. The molecule has 0 aliphatic rings. The lowest BCUT2D eigenvalue weighted by Gasteiger charge is -2.10. The molecule has 0 spiro atoms. The number of primary amides is 1. The van der Waals surface area contributed by atoms with Gasteiger partial charge in [-0.2, -0.15) is 5.26 Å². The Labute approximate surface area is 114 Å². The molecule has 0 fully saturated rings. The highest BCUT2D eigenvalue weighted by molar-refractivity contribution is 8.04. The number of aromatic hydroxyl groups is 1. The summed E-state index contributed by atoms with van der Waals surface area (Å²) < 4.78 is 0. The van der Waals surface area contributed by atoms with Crippen LogP contribution in [0.3, 0.4) is 0 Å². The fourth-order valence-corrected chi connectivity index (χ4v) is 2.51. The number of nitriles is 1. The van der Waals surface area contributed by atoms with Crippen molar-refractivity contribution in [1.82, 2.24) is 0 Å². The molecule has 0 aromatic heterocycles. The Hall–Kier alpha value is -2.45. The maximum atomic E-state index is 11.1. The van der Waals surface area contributed by atoms with Gasteiger partial charge in [0, 0.05) is 0 Å². The van der Waals surface area contributed by atoms with Crippen molar-refractivity contribution in [3.05, 3.63) is 47.4 Å². The minimum absolute atomic E-state index is 0.107. The van der Waals surface area contributed by atoms with E-state index in [-0.39, 0.29) is 16.2 Å². The number of carbonyl (C=O) groups excluding carboxylic acids is 1. The second-order valence-corrected chi connectivity index (χ2v) is 4.93. The van der Waals surface area contributed by atoms with E-state index < -0.39 is 5.91 Å². The molecule has 0 saturated heterocycles. The molecule has 0 atom stereocenters. The molecule has 0 heterocycles. The van der Waals surface area contributed by atoms with Gasteiger partial charge in [0.05, 0.1) is 15.4 Å². The van der Waals surface area contributed by atoms with E-state index in [1.807, 2.05) is 24.3 Å². The normalized spacial score (nSPS) is 10.1. The summed E-state index contributed by atoms with van der Waals surface area (Å²) in [4.78, 5) is 11.6. The lowest BCUT2D eigenvalue weighted by Crippen LogP contribution is -2.10. The minimum atomic E-state index is -0.657. The van der Waals surface area contributed by atoms with Crippen molar-refractivity contribution in [2.45, 2.75) is 4.90 Å². The number of thioether (sulfide) groups is 1. The van der Waals surface area contributed by atoms with Gasteiger partial charge < -0.3 is 10.8 Å². The smallest absolute Gasteiger partial charge is 0.254 e. The summed E-state index contributed by atoms with van der Waals surface area (Å²) in [5.41, 5.74) is 5.29. The summed E-state index contributed by atoms with van der Waals surface area (Å²) in [6.07, 6.45) is 0. The molecule has 19 heavy (non-hydrogen) atoms. The number of rotatable bonds is 3. The second-order valence-electron chi connectivity index (χ2n) is 3.82. The van der Waals surface area contributed by atoms with Crippen LogP contribution in [-0.2, 0) is 4.79 Å². The zero-order valence-electron chi connectivity index (χ0n) is 9.88. The Bertz CT molecular complexity index is 732. The molecule has 0 bridgehead atoms. The van der Waals surface area contributed by atoms with Gasteiger partial charge >= 0.3 is 0 Å². The van der Waals surface area contributed by atoms with E-state index in [2.05, 4.69) is 6.58 Å². The van der Waals surface area contributed by atoms with Crippen LogP contribution in [0.5, 0.6) is 5.75 Å². The summed E-state index contributed by atoms with van der Waals surface area (Å²) in [6.45, 7) is 3.55. The number of amides is 1. The van der Waals surface area contributed by atoms with E-state index in [1.54, 1.807) is 12.1 Å². The lowest BCUT2D eigenvalue weighted by atomic mass is 10.1. The topological polar surface area (TPSA) is 87.1 Å². The summed E-state index contributed by atoms with van der Waals surface area (Å²) >= 11 is 0.967. The predicted molar refractivity (Wildman–Crippen MR) is 74.5 cm³/mol. The monoisotopic (exact) mass is 270 g/mol. The first-order chi connectivity index (χ1) is 9.04. The number of hydrogen-bond donors (Lipinski definition) is 2. The fraction of sp³-hybridized carbons (Fsp3) is 0. The quantitative estimate of drug-likeness (QED) is 0.662. The van der Waals surface area contributed by atoms with Crippen molar-refractivity contribution < 1.29 is 9.90 Å². The summed E-state index contributed by atoms with van der Waals surface area (Å²) in [6, 6.07) is 10.8. The summed E-state index contributed by atoms with van der Waals surface area (Å²) in [5.74, 6) is -0.815. The first kappa shape index (κ1) is 13.0. The first-order valence-electron chi connectivity index (χ1n) is 5.36. The van der Waals surface area contributed by atoms with Crippen molar-refractivity contribution in [2.24, 2.45) is 5.73 Å². The Morgan fingerprint density at radius 2 is 2.11 bits per heavy atom. The second kappa shape index (κ2) is 5.04. The zero-order valence-corrected chi connectivity index (χ0v) is 10.7. The van der Waals surface area contributed by atoms with Crippen LogP contribution in [0.15, 0.2) is 46.7 Å². The third-order valence-electron chi connectivity index (χ3n) is 2.60. The van der Waals surface area contributed by atoms with Gasteiger partial charge in [-0.05, 0) is 16.8 Å². The van der Waals surface area contributed by atoms with Crippen LogP contribution in [0.2, 0.25) is 0 Å². The van der Waals surface area contributed by atoms with Gasteiger partial charge in [0.25, 0.3) is 5.91 Å². The third-order valence-corrected chi connectivity index (χ3v) is 3.66. The fourth-order valence-electron chi connectivity index (χ4n) is 1.67. The van der Waals surface area contributed by atoms with Crippen LogP contribution in [0, 0.1) is 11.3 Å². The van der Waals surface area contributed by atoms with E-state index in [0.29, 0.717) is 4.90 Å². The average molecular weight is 270 g/mol. The molecule has 0 radical (unpaired) electrons. The van der Waals surface area contributed by atoms with E-state index in [9.17, 15) is 9.90 Å².